The Bertz CT molecular complexity index is 350. The first kappa shape index (κ1) is 13.9. The highest BCUT2D eigenvalue weighted by Gasteiger charge is 2.18. The number of benzene rings is 1. The third kappa shape index (κ3) is 4.01. The Morgan fingerprint density at radius 3 is 2.67 bits per heavy atom. The van der Waals surface area contributed by atoms with Crippen molar-refractivity contribution in [3.63, 3.8) is 0 Å². The van der Waals surface area contributed by atoms with Gasteiger partial charge in [-0.15, -0.1) is 0 Å². The van der Waals surface area contributed by atoms with Crippen LogP contribution in [0.15, 0.2) is 24.3 Å². The number of nitrogens with zero attached hydrogens (tertiary/aromatic N) is 1. The van der Waals surface area contributed by atoms with Crippen molar-refractivity contribution in [2.75, 3.05) is 24.6 Å². The smallest absolute Gasteiger partial charge is 0.0237 e. The summed E-state index contributed by atoms with van der Waals surface area (Å²) in [4.78, 5) is 2.59. The molecule has 3 heteroatoms. The number of hydrogen-bond acceptors (Lipinski definition) is 3. The first-order valence-corrected chi connectivity index (χ1v) is 8.05. The minimum absolute atomic E-state index is 0.713. The van der Waals surface area contributed by atoms with Gasteiger partial charge >= 0.3 is 0 Å². The minimum Gasteiger partial charge on any atom is -0.313 e. The Labute approximate surface area is 115 Å². The largest absolute Gasteiger partial charge is 0.313 e. The summed E-state index contributed by atoms with van der Waals surface area (Å²) < 4.78 is 0. The SMILES string of the molecule is CCNCc1ccc(CN2CCSCC2C)cc1. The van der Waals surface area contributed by atoms with Gasteiger partial charge in [0.25, 0.3) is 0 Å². The molecular formula is C15H24N2S. The molecule has 100 valence electrons. The maximum atomic E-state index is 3.36. The van der Waals surface area contributed by atoms with Crippen molar-refractivity contribution in [3.8, 4) is 0 Å². The summed E-state index contributed by atoms with van der Waals surface area (Å²) in [6.45, 7) is 8.82. The fourth-order valence-corrected chi connectivity index (χ4v) is 3.34. The highest BCUT2D eigenvalue weighted by molar-refractivity contribution is 7.99. The number of thioether (sulfide) groups is 1. The molecule has 0 aromatic heterocycles. The molecule has 1 aromatic carbocycles. The van der Waals surface area contributed by atoms with E-state index in [4.69, 9.17) is 0 Å². The quantitative estimate of drug-likeness (QED) is 0.880. The molecule has 1 unspecified atom stereocenters. The second-order valence-corrected chi connectivity index (χ2v) is 6.14. The molecule has 1 fully saturated rings. The molecule has 1 aliphatic rings. The van der Waals surface area contributed by atoms with E-state index in [0.717, 1.165) is 19.6 Å². The molecule has 1 atom stereocenters. The van der Waals surface area contributed by atoms with Crippen LogP contribution in [0.3, 0.4) is 0 Å². The first-order chi connectivity index (χ1) is 8.79. The highest BCUT2D eigenvalue weighted by Crippen LogP contribution is 2.18. The lowest BCUT2D eigenvalue weighted by atomic mass is 10.1. The van der Waals surface area contributed by atoms with Crippen molar-refractivity contribution < 1.29 is 0 Å². The standard InChI is InChI=1S/C15H24N2S/c1-3-16-10-14-4-6-15(7-5-14)11-17-8-9-18-12-13(17)2/h4-7,13,16H,3,8-12H2,1-2H3. The molecule has 1 aromatic rings. The molecule has 1 aliphatic heterocycles. The van der Waals surface area contributed by atoms with Gasteiger partial charge < -0.3 is 5.32 Å². The summed E-state index contributed by atoms with van der Waals surface area (Å²) in [6.07, 6.45) is 0. The Morgan fingerprint density at radius 2 is 2.00 bits per heavy atom. The van der Waals surface area contributed by atoms with Crippen LogP contribution in [-0.2, 0) is 13.1 Å². The van der Waals surface area contributed by atoms with Gasteiger partial charge in [0.2, 0.25) is 0 Å². The van der Waals surface area contributed by atoms with Crippen molar-refractivity contribution in [2.24, 2.45) is 0 Å². The molecule has 2 nitrogen and oxygen atoms in total. The topological polar surface area (TPSA) is 15.3 Å². The average molecular weight is 264 g/mol. The molecular weight excluding hydrogens is 240 g/mol. The van der Waals surface area contributed by atoms with Gasteiger partial charge in [0.1, 0.15) is 0 Å². The van der Waals surface area contributed by atoms with Crippen LogP contribution in [-0.4, -0.2) is 35.5 Å². The Kier molecular flexibility index (Phi) is 5.54. The molecule has 0 aliphatic carbocycles. The molecule has 0 radical (unpaired) electrons. The Morgan fingerprint density at radius 1 is 1.28 bits per heavy atom. The summed E-state index contributed by atoms with van der Waals surface area (Å²) >= 11 is 2.08. The lowest BCUT2D eigenvalue weighted by Crippen LogP contribution is -2.39. The lowest BCUT2D eigenvalue weighted by molar-refractivity contribution is 0.224. The maximum Gasteiger partial charge on any atom is 0.0237 e. The minimum atomic E-state index is 0.713. The van der Waals surface area contributed by atoms with E-state index in [-0.39, 0.29) is 0 Å². The van der Waals surface area contributed by atoms with Crippen LogP contribution >= 0.6 is 11.8 Å². The Balaban J connectivity index is 1.89. The molecule has 0 spiro atoms. The van der Waals surface area contributed by atoms with Crippen molar-refractivity contribution in [2.45, 2.75) is 33.0 Å². The second-order valence-electron chi connectivity index (χ2n) is 4.99. The van der Waals surface area contributed by atoms with Crippen LogP contribution in [0.4, 0.5) is 0 Å². The van der Waals surface area contributed by atoms with E-state index >= 15 is 0 Å². The van der Waals surface area contributed by atoms with Crippen molar-refractivity contribution in [1.82, 2.24) is 10.2 Å². The third-order valence-electron chi connectivity index (χ3n) is 3.49. The van der Waals surface area contributed by atoms with Crippen LogP contribution in [0.2, 0.25) is 0 Å². The first-order valence-electron chi connectivity index (χ1n) is 6.90. The van der Waals surface area contributed by atoms with Gasteiger partial charge in [-0.1, -0.05) is 31.2 Å². The van der Waals surface area contributed by atoms with Crippen molar-refractivity contribution in [1.29, 1.82) is 0 Å². The number of nitrogens with one attached hydrogen (secondary N) is 1. The summed E-state index contributed by atoms with van der Waals surface area (Å²) in [5, 5.41) is 3.36. The van der Waals surface area contributed by atoms with Gasteiger partial charge in [-0.05, 0) is 24.6 Å². The molecule has 0 bridgehead atoms. The number of rotatable bonds is 5. The number of hydrogen-bond donors (Lipinski definition) is 1. The van der Waals surface area contributed by atoms with E-state index in [1.807, 2.05) is 0 Å². The fraction of sp³-hybridized carbons (Fsp3) is 0.600. The van der Waals surface area contributed by atoms with Crippen LogP contribution in [0.5, 0.6) is 0 Å². The zero-order chi connectivity index (χ0) is 12.8. The molecule has 0 amide bonds. The van der Waals surface area contributed by atoms with E-state index in [1.54, 1.807) is 0 Å². The zero-order valence-electron chi connectivity index (χ0n) is 11.5. The van der Waals surface area contributed by atoms with Gasteiger partial charge in [0, 0.05) is 37.2 Å². The van der Waals surface area contributed by atoms with E-state index in [9.17, 15) is 0 Å². The van der Waals surface area contributed by atoms with Crippen molar-refractivity contribution in [3.05, 3.63) is 35.4 Å². The molecule has 0 saturated carbocycles. The zero-order valence-corrected chi connectivity index (χ0v) is 12.3. The third-order valence-corrected chi connectivity index (χ3v) is 4.68. The molecule has 1 heterocycles. The second kappa shape index (κ2) is 7.17. The summed E-state index contributed by atoms with van der Waals surface area (Å²) in [5.74, 6) is 2.56. The maximum absolute atomic E-state index is 3.36. The van der Waals surface area contributed by atoms with E-state index < -0.39 is 0 Å². The average Bonchev–Trinajstić information content (AvgIpc) is 2.41. The molecule has 18 heavy (non-hydrogen) atoms. The molecule has 2 rings (SSSR count). The summed E-state index contributed by atoms with van der Waals surface area (Å²) in [7, 11) is 0. The van der Waals surface area contributed by atoms with E-state index in [2.05, 4.69) is 60.1 Å². The van der Waals surface area contributed by atoms with Gasteiger partial charge in [-0.3, -0.25) is 4.90 Å². The summed E-state index contributed by atoms with van der Waals surface area (Å²) in [6, 6.07) is 9.77. The van der Waals surface area contributed by atoms with Gasteiger partial charge in [-0.25, -0.2) is 0 Å². The van der Waals surface area contributed by atoms with Gasteiger partial charge in [-0.2, -0.15) is 11.8 Å². The Hall–Kier alpha value is -0.510. The summed E-state index contributed by atoms with van der Waals surface area (Å²) in [5.41, 5.74) is 2.82. The molecule has 1 saturated heterocycles. The fourth-order valence-electron chi connectivity index (χ4n) is 2.26. The predicted molar refractivity (Wildman–Crippen MR) is 81.0 cm³/mol. The van der Waals surface area contributed by atoms with Crippen molar-refractivity contribution >= 4 is 11.8 Å². The molecule has 1 N–H and O–H groups in total. The lowest BCUT2D eigenvalue weighted by Gasteiger charge is -2.33. The van der Waals surface area contributed by atoms with E-state index in [0.29, 0.717) is 6.04 Å². The monoisotopic (exact) mass is 264 g/mol. The van der Waals surface area contributed by atoms with Crippen LogP contribution in [0.25, 0.3) is 0 Å². The van der Waals surface area contributed by atoms with Crippen LogP contribution < -0.4 is 5.32 Å². The highest BCUT2D eigenvalue weighted by atomic mass is 32.2. The normalized spacial score (nSPS) is 21.1. The predicted octanol–water partition coefficient (Wildman–Crippen LogP) is 2.73. The van der Waals surface area contributed by atoms with Crippen LogP contribution in [0.1, 0.15) is 25.0 Å². The van der Waals surface area contributed by atoms with Gasteiger partial charge in [0.05, 0.1) is 0 Å². The van der Waals surface area contributed by atoms with E-state index in [1.165, 1.54) is 29.2 Å². The van der Waals surface area contributed by atoms with Crippen LogP contribution in [0, 0.1) is 0 Å². The van der Waals surface area contributed by atoms with Gasteiger partial charge in [0.15, 0.2) is 0 Å².